The Labute approximate surface area is 146 Å². The van der Waals surface area contributed by atoms with E-state index in [0.29, 0.717) is 4.88 Å². The molecule has 1 aliphatic heterocycles. The molecule has 0 atom stereocenters. The SMILES string of the molecule is O=C(COC(=O)c1cc2c(s1)CCC2)NCCN1C(=O)CSC1=O. The van der Waals surface area contributed by atoms with Crippen LogP contribution in [0.3, 0.4) is 0 Å². The number of ether oxygens (including phenoxy) is 1. The van der Waals surface area contributed by atoms with Gasteiger partial charge in [-0.25, -0.2) is 4.79 Å². The van der Waals surface area contributed by atoms with Crippen LogP contribution in [0.2, 0.25) is 0 Å². The van der Waals surface area contributed by atoms with Crippen molar-refractivity contribution in [3.8, 4) is 0 Å². The molecule has 0 saturated carbocycles. The molecule has 1 saturated heterocycles. The number of esters is 1. The molecule has 1 aromatic rings. The second kappa shape index (κ2) is 7.35. The molecular weight excluding hydrogens is 352 g/mol. The van der Waals surface area contributed by atoms with E-state index >= 15 is 0 Å². The number of hydrogen-bond acceptors (Lipinski definition) is 7. The first kappa shape index (κ1) is 17.0. The molecule has 9 heteroatoms. The number of rotatable bonds is 6. The topological polar surface area (TPSA) is 92.8 Å². The van der Waals surface area contributed by atoms with Crippen molar-refractivity contribution in [2.24, 2.45) is 0 Å². The van der Waals surface area contributed by atoms with Gasteiger partial charge < -0.3 is 10.1 Å². The first-order chi connectivity index (χ1) is 11.5. The van der Waals surface area contributed by atoms with Gasteiger partial charge in [0.05, 0.1) is 5.75 Å². The van der Waals surface area contributed by atoms with E-state index in [-0.39, 0.29) is 36.6 Å². The lowest BCUT2D eigenvalue weighted by Crippen LogP contribution is -2.38. The predicted octanol–water partition coefficient (Wildman–Crippen LogP) is 1.21. The minimum Gasteiger partial charge on any atom is -0.451 e. The molecule has 1 aromatic heterocycles. The summed E-state index contributed by atoms with van der Waals surface area (Å²) in [5.41, 5.74) is 1.20. The second-order valence-corrected chi connectivity index (χ2v) is 7.50. The molecule has 1 N–H and O–H groups in total. The van der Waals surface area contributed by atoms with Gasteiger partial charge in [-0.15, -0.1) is 11.3 Å². The maximum absolute atomic E-state index is 11.9. The van der Waals surface area contributed by atoms with E-state index < -0.39 is 11.9 Å². The summed E-state index contributed by atoms with van der Waals surface area (Å²) in [7, 11) is 0. The highest BCUT2D eigenvalue weighted by Crippen LogP contribution is 2.30. The molecule has 3 rings (SSSR count). The lowest BCUT2D eigenvalue weighted by atomic mass is 10.2. The Morgan fingerprint density at radius 3 is 2.83 bits per heavy atom. The number of fused-ring (bicyclic) bond motifs is 1. The fourth-order valence-electron chi connectivity index (χ4n) is 2.59. The first-order valence-electron chi connectivity index (χ1n) is 7.57. The Kier molecular flexibility index (Phi) is 5.20. The second-order valence-electron chi connectivity index (χ2n) is 5.44. The van der Waals surface area contributed by atoms with Gasteiger partial charge in [-0.1, -0.05) is 11.8 Å². The van der Waals surface area contributed by atoms with Gasteiger partial charge in [0.15, 0.2) is 6.61 Å². The summed E-state index contributed by atoms with van der Waals surface area (Å²) in [4.78, 5) is 49.2. The Balaban J connectivity index is 1.38. The molecule has 0 radical (unpaired) electrons. The maximum atomic E-state index is 11.9. The third-order valence-corrected chi connectivity index (χ3v) is 5.86. The van der Waals surface area contributed by atoms with Crippen LogP contribution in [0.15, 0.2) is 6.07 Å². The molecule has 7 nitrogen and oxygen atoms in total. The Morgan fingerprint density at radius 1 is 1.29 bits per heavy atom. The molecule has 1 aliphatic carbocycles. The van der Waals surface area contributed by atoms with Crippen LogP contribution in [0.5, 0.6) is 0 Å². The summed E-state index contributed by atoms with van der Waals surface area (Å²) in [5, 5.41) is 2.23. The third-order valence-electron chi connectivity index (χ3n) is 3.78. The monoisotopic (exact) mass is 368 g/mol. The number of carbonyl (C=O) groups is 4. The summed E-state index contributed by atoms with van der Waals surface area (Å²) in [6, 6.07) is 1.84. The van der Waals surface area contributed by atoms with Crippen molar-refractivity contribution < 1.29 is 23.9 Å². The molecule has 2 heterocycles. The summed E-state index contributed by atoms with van der Waals surface area (Å²) in [6.07, 6.45) is 3.12. The van der Waals surface area contributed by atoms with Gasteiger partial charge in [0.1, 0.15) is 4.88 Å². The smallest absolute Gasteiger partial charge is 0.348 e. The van der Waals surface area contributed by atoms with Crippen LogP contribution in [-0.2, 0) is 27.2 Å². The van der Waals surface area contributed by atoms with Crippen molar-refractivity contribution >= 4 is 46.1 Å². The average Bonchev–Trinajstić information content (AvgIpc) is 3.22. The van der Waals surface area contributed by atoms with Gasteiger partial charge in [0, 0.05) is 18.0 Å². The minimum atomic E-state index is -0.495. The van der Waals surface area contributed by atoms with Crippen LogP contribution in [0.25, 0.3) is 0 Å². The van der Waals surface area contributed by atoms with Crippen molar-refractivity contribution in [2.75, 3.05) is 25.4 Å². The molecule has 24 heavy (non-hydrogen) atoms. The fraction of sp³-hybridized carbons (Fsp3) is 0.467. The number of thioether (sulfide) groups is 1. The van der Waals surface area contributed by atoms with Crippen molar-refractivity contribution in [3.63, 3.8) is 0 Å². The van der Waals surface area contributed by atoms with E-state index in [1.807, 2.05) is 6.07 Å². The highest BCUT2D eigenvalue weighted by atomic mass is 32.2. The number of aryl methyl sites for hydroxylation is 2. The van der Waals surface area contributed by atoms with E-state index in [1.165, 1.54) is 21.8 Å². The fourth-order valence-corrected chi connectivity index (χ4v) is 4.49. The zero-order chi connectivity index (χ0) is 17.1. The highest BCUT2D eigenvalue weighted by Gasteiger charge is 2.29. The number of imide groups is 1. The van der Waals surface area contributed by atoms with E-state index in [1.54, 1.807) is 0 Å². The minimum absolute atomic E-state index is 0.127. The molecule has 0 spiro atoms. The molecule has 1 fully saturated rings. The van der Waals surface area contributed by atoms with Crippen LogP contribution < -0.4 is 5.32 Å². The van der Waals surface area contributed by atoms with Crippen molar-refractivity contribution in [2.45, 2.75) is 19.3 Å². The molecular formula is C15H16N2O5S2. The zero-order valence-corrected chi connectivity index (χ0v) is 14.5. The molecule has 0 unspecified atom stereocenters. The van der Waals surface area contributed by atoms with Crippen LogP contribution in [0.1, 0.15) is 26.5 Å². The standard InChI is InChI=1S/C15H16N2O5S2/c18-12(16-4-5-17-13(19)8-23-15(17)21)7-22-14(20)11-6-9-2-1-3-10(9)24-11/h6H,1-5,7-8H2,(H,16,18). The average molecular weight is 368 g/mol. The van der Waals surface area contributed by atoms with E-state index in [9.17, 15) is 19.2 Å². The predicted molar refractivity (Wildman–Crippen MR) is 89.2 cm³/mol. The number of nitrogens with one attached hydrogen (secondary N) is 1. The zero-order valence-electron chi connectivity index (χ0n) is 12.8. The van der Waals surface area contributed by atoms with Gasteiger partial charge >= 0.3 is 5.97 Å². The van der Waals surface area contributed by atoms with E-state index in [0.717, 1.165) is 35.9 Å². The quantitative estimate of drug-likeness (QED) is 0.759. The van der Waals surface area contributed by atoms with Crippen LogP contribution in [-0.4, -0.2) is 53.4 Å². The number of hydrogen-bond donors (Lipinski definition) is 1. The summed E-state index contributed by atoms with van der Waals surface area (Å²) in [5.74, 6) is -1.06. The van der Waals surface area contributed by atoms with Crippen LogP contribution in [0, 0.1) is 0 Å². The lowest BCUT2D eigenvalue weighted by Gasteiger charge is -2.13. The molecule has 128 valence electrons. The van der Waals surface area contributed by atoms with Gasteiger partial charge in [-0.2, -0.15) is 0 Å². The maximum Gasteiger partial charge on any atom is 0.348 e. The van der Waals surface area contributed by atoms with Gasteiger partial charge in [-0.3, -0.25) is 19.3 Å². The van der Waals surface area contributed by atoms with Crippen molar-refractivity contribution in [3.05, 3.63) is 21.4 Å². The molecule has 3 amide bonds. The summed E-state index contributed by atoms with van der Waals surface area (Å²) >= 11 is 2.38. The normalized spacial score (nSPS) is 16.4. The Hall–Kier alpha value is -1.87. The van der Waals surface area contributed by atoms with Crippen LogP contribution in [0.4, 0.5) is 4.79 Å². The van der Waals surface area contributed by atoms with Gasteiger partial charge in [0.25, 0.3) is 11.1 Å². The van der Waals surface area contributed by atoms with Crippen molar-refractivity contribution in [1.82, 2.24) is 10.2 Å². The Morgan fingerprint density at radius 2 is 2.12 bits per heavy atom. The van der Waals surface area contributed by atoms with Gasteiger partial charge in [-0.05, 0) is 30.9 Å². The summed E-state index contributed by atoms with van der Waals surface area (Å²) in [6.45, 7) is -0.109. The lowest BCUT2D eigenvalue weighted by molar-refractivity contribution is -0.126. The number of amides is 3. The molecule has 2 aliphatic rings. The van der Waals surface area contributed by atoms with Crippen LogP contribution >= 0.6 is 23.1 Å². The van der Waals surface area contributed by atoms with Gasteiger partial charge in [0.2, 0.25) is 5.91 Å². The number of carbonyl (C=O) groups excluding carboxylic acids is 4. The third kappa shape index (κ3) is 3.78. The highest BCUT2D eigenvalue weighted by molar-refractivity contribution is 8.14. The van der Waals surface area contributed by atoms with E-state index in [4.69, 9.17) is 4.74 Å². The van der Waals surface area contributed by atoms with E-state index in [2.05, 4.69) is 5.32 Å². The Bertz CT molecular complexity index is 663. The van der Waals surface area contributed by atoms with Crippen molar-refractivity contribution in [1.29, 1.82) is 0 Å². The number of nitrogens with zero attached hydrogens (tertiary/aromatic N) is 1. The number of thiophene rings is 1. The molecule has 0 bridgehead atoms. The largest absolute Gasteiger partial charge is 0.451 e. The first-order valence-corrected chi connectivity index (χ1v) is 9.37. The molecule has 0 aromatic carbocycles. The summed E-state index contributed by atoms with van der Waals surface area (Å²) < 4.78 is 5.00.